The molecule has 92 valence electrons. The van der Waals surface area contributed by atoms with Gasteiger partial charge in [0.2, 0.25) is 0 Å². The first-order valence-corrected chi connectivity index (χ1v) is 6.88. The number of rotatable bonds is 5. The molecular formula is C13H24N2S. The van der Waals surface area contributed by atoms with Gasteiger partial charge in [-0.3, -0.25) is 0 Å². The minimum atomic E-state index is 0.219. The lowest BCUT2D eigenvalue weighted by Crippen LogP contribution is -2.39. The molecule has 1 atom stereocenters. The second-order valence-corrected chi connectivity index (χ2v) is 6.77. The lowest BCUT2D eigenvalue weighted by molar-refractivity contribution is 0.364. The highest BCUT2D eigenvalue weighted by Crippen LogP contribution is 2.18. The lowest BCUT2D eigenvalue weighted by Gasteiger charge is -2.24. The van der Waals surface area contributed by atoms with E-state index in [1.54, 1.807) is 0 Å². The molecule has 0 aliphatic heterocycles. The smallest absolute Gasteiger partial charge is 0.0896 e. The van der Waals surface area contributed by atoms with E-state index in [0.717, 1.165) is 18.9 Å². The van der Waals surface area contributed by atoms with Crippen LogP contribution in [0, 0.1) is 12.8 Å². The minimum Gasteiger partial charge on any atom is -0.312 e. The van der Waals surface area contributed by atoms with Gasteiger partial charge in [0.1, 0.15) is 0 Å². The molecule has 0 aliphatic rings. The highest BCUT2D eigenvalue weighted by molar-refractivity contribution is 7.11. The van der Waals surface area contributed by atoms with E-state index < -0.39 is 0 Å². The van der Waals surface area contributed by atoms with Gasteiger partial charge in [0.05, 0.1) is 5.01 Å². The van der Waals surface area contributed by atoms with Crippen LogP contribution in [0.3, 0.4) is 0 Å². The predicted molar refractivity (Wildman–Crippen MR) is 72.1 cm³/mol. The summed E-state index contributed by atoms with van der Waals surface area (Å²) in [4.78, 5) is 5.73. The van der Waals surface area contributed by atoms with Gasteiger partial charge in [-0.05, 0) is 46.6 Å². The van der Waals surface area contributed by atoms with E-state index in [4.69, 9.17) is 0 Å². The maximum Gasteiger partial charge on any atom is 0.0896 e. The van der Waals surface area contributed by atoms with Crippen molar-refractivity contribution in [3.05, 3.63) is 16.1 Å². The van der Waals surface area contributed by atoms with Crippen molar-refractivity contribution in [2.24, 2.45) is 5.92 Å². The molecule has 16 heavy (non-hydrogen) atoms. The number of hydrogen-bond acceptors (Lipinski definition) is 3. The van der Waals surface area contributed by atoms with Crippen molar-refractivity contribution >= 4 is 11.3 Å². The van der Waals surface area contributed by atoms with E-state index in [1.165, 1.54) is 16.3 Å². The third-order valence-electron chi connectivity index (χ3n) is 2.66. The van der Waals surface area contributed by atoms with Crippen LogP contribution in [0.15, 0.2) is 6.20 Å². The molecule has 0 bridgehead atoms. The molecule has 3 heteroatoms. The summed E-state index contributed by atoms with van der Waals surface area (Å²) in [6.07, 6.45) is 4.41. The molecule has 0 amide bonds. The van der Waals surface area contributed by atoms with Crippen molar-refractivity contribution < 1.29 is 0 Å². The monoisotopic (exact) mass is 240 g/mol. The van der Waals surface area contributed by atoms with Crippen LogP contribution < -0.4 is 5.32 Å². The fraction of sp³-hybridized carbons (Fsp3) is 0.769. The van der Waals surface area contributed by atoms with Gasteiger partial charge in [0, 0.05) is 16.6 Å². The first kappa shape index (κ1) is 13.7. The van der Waals surface area contributed by atoms with Crippen LogP contribution in [-0.2, 0) is 6.42 Å². The molecule has 1 aromatic heterocycles. The average molecular weight is 240 g/mol. The Hall–Kier alpha value is -0.410. The van der Waals surface area contributed by atoms with Crippen molar-refractivity contribution in [1.82, 2.24) is 10.3 Å². The molecule has 0 radical (unpaired) electrons. The molecule has 1 heterocycles. The zero-order valence-corrected chi connectivity index (χ0v) is 11.9. The normalized spacial score (nSPS) is 14.1. The van der Waals surface area contributed by atoms with Gasteiger partial charge in [-0.1, -0.05) is 13.3 Å². The molecule has 0 spiro atoms. The SMILES string of the molecule is CCC(CNC(C)(C)C)Cc1cnc(C)s1. The summed E-state index contributed by atoms with van der Waals surface area (Å²) in [5.74, 6) is 0.721. The number of nitrogens with zero attached hydrogens (tertiary/aromatic N) is 1. The Morgan fingerprint density at radius 3 is 2.56 bits per heavy atom. The fourth-order valence-corrected chi connectivity index (χ4v) is 2.50. The van der Waals surface area contributed by atoms with Gasteiger partial charge in [0.25, 0.3) is 0 Å². The topological polar surface area (TPSA) is 24.9 Å². The number of aromatic nitrogens is 1. The molecule has 1 rings (SSSR count). The van der Waals surface area contributed by atoms with Crippen LogP contribution >= 0.6 is 11.3 Å². The lowest BCUT2D eigenvalue weighted by atomic mass is 9.99. The van der Waals surface area contributed by atoms with E-state index in [9.17, 15) is 0 Å². The largest absolute Gasteiger partial charge is 0.312 e. The van der Waals surface area contributed by atoms with Crippen LogP contribution in [0.2, 0.25) is 0 Å². The van der Waals surface area contributed by atoms with E-state index in [0.29, 0.717) is 0 Å². The molecule has 0 aromatic carbocycles. The summed E-state index contributed by atoms with van der Waals surface area (Å²) in [5.41, 5.74) is 0.219. The minimum absolute atomic E-state index is 0.219. The van der Waals surface area contributed by atoms with Crippen molar-refractivity contribution in [3.63, 3.8) is 0 Å². The van der Waals surface area contributed by atoms with E-state index in [1.807, 2.05) is 17.5 Å². The van der Waals surface area contributed by atoms with Crippen LogP contribution in [-0.4, -0.2) is 17.1 Å². The Labute approximate surface area is 103 Å². The van der Waals surface area contributed by atoms with Gasteiger partial charge >= 0.3 is 0 Å². The van der Waals surface area contributed by atoms with Gasteiger partial charge in [0.15, 0.2) is 0 Å². The molecule has 1 unspecified atom stereocenters. The highest BCUT2D eigenvalue weighted by atomic mass is 32.1. The second kappa shape index (κ2) is 5.78. The van der Waals surface area contributed by atoms with Crippen LogP contribution in [0.1, 0.15) is 44.0 Å². The first-order valence-electron chi connectivity index (χ1n) is 6.07. The van der Waals surface area contributed by atoms with Crippen molar-refractivity contribution in [2.45, 2.75) is 53.0 Å². The number of thiazole rings is 1. The molecule has 0 saturated carbocycles. The van der Waals surface area contributed by atoms with E-state index >= 15 is 0 Å². The molecule has 1 aromatic rings. The Morgan fingerprint density at radius 2 is 2.12 bits per heavy atom. The molecule has 0 saturated heterocycles. The predicted octanol–water partition coefficient (Wildman–Crippen LogP) is 3.41. The number of aryl methyl sites for hydroxylation is 1. The average Bonchev–Trinajstić information content (AvgIpc) is 2.57. The highest BCUT2D eigenvalue weighted by Gasteiger charge is 2.14. The third kappa shape index (κ3) is 5.08. The second-order valence-electron chi connectivity index (χ2n) is 5.45. The molecule has 2 nitrogen and oxygen atoms in total. The fourth-order valence-electron chi connectivity index (χ4n) is 1.60. The Balaban J connectivity index is 2.43. The van der Waals surface area contributed by atoms with Crippen molar-refractivity contribution in [2.75, 3.05) is 6.54 Å². The van der Waals surface area contributed by atoms with Gasteiger partial charge in [-0.2, -0.15) is 0 Å². The molecule has 1 N–H and O–H groups in total. The maximum absolute atomic E-state index is 4.31. The maximum atomic E-state index is 4.31. The van der Waals surface area contributed by atoms with Crippen LogP contribution in [0.5, 0.6) is 0 Å². The Bertz CT molecular complexity index is 312. The first-order chi connectivity index (χ1) is 7.40. The van der Waals surface area contributed by atoms with Crippen LogP contribution in [0.25, 0.3) is 0 Å². The van der Waals surface area contributed by atoms with Gasteiger partial charge < -0.3 is 5.32 Å². The Morgan fingerprint density at radius 1 is 1.44 bits per heavy atom. The van der Waals surface area contributed by atoms with E-state index in [2.05, 4.69) is 44.9 Å². The van der Waals surface area contributed by atoms with Crippen molar-refractivity contribution in [3.8, 4) is 0 Å². The molecule has 0 fully saturated rings. The summed E-state index contributed by atoms with van der Waals surface area (Å²) in [7, 11) is 0. The number of nitrogens with one attached hydrogen (secondary N) is 1. The van der Waals surface area contributed by atoms with Gasteiger partial charge in [-0.25, -0.2) is 4.98 Å². The standard InChI is InChI=1S/C13H24N2S/c1-6-11(8-15-13(3,4)5)7-12-9-14-10(2)16-12/h9,11,15H,6-8H2,1-5H3. The molecule has 0 aliphatic carbocycles. The van der Waals surface area contributed by atoms with E-state index in [-0.39, 0.29) is 5.54 Å². The third-order valence-corrected chi connectivity index (χ3v) is 3.59. The molecular weight excluding hydrogens is 216 g/mol. The summed E-state index contributed by atoms with van der Waals surface area (Å²) >= 11 is 1.83. The summed E-state index contributed by atoms with van der Waals surface area (Å²) in [6.45, 7) is 12.1. The summed E-state index contributed by atoms with van der Waals surface area (Å²) in [5, 5.41) is 4.76. The quantitative estimate of drug-likeness (QED) is 0.853. The zero-order valence-electron chi connectivity index (χ0n) is 11.1. The Kier molecular flexibility index (Phi) is 4.93. The van der Waals surface area contributed by atoms with Crippen molar-refractivity contribution in [1.29, 1.82) is 0 Å². The van der Waals surface area contributed by atoms with Gasteiger partial charge in [-0.15, -0.1) is 11.3 Å². The summed E-state index contributed by atoms with van der Waals surface area (Å²) < 4.78 is 0. The van der Waals surface area contributed by atoms with Crippen LogP contribution in [0.4, 0.5) is 0 Å². The number of hydrogen-bond donors (Lipinski definition) is 1. The summed E-state index contributed by atoms with van der Waals surface area (Å²) in [6, 6.07) is 0. The zero-order chi connectivity index (χ0) is 12.2.